The predicted octanol–water partition coefficient (Wildman–Crippen LogP) is 4.51. The number of amides is 5. The Balaban J connectivity index is 1.34. The largest absolute Gasteiger partial charge is 0.484 e. The van der Waals surface area contributed by atoms with E-state index >= 15 is 0 Å². The Morgan fingerprint density at radius 2 is 1.63 bits per heavy atom. The number of nitrogens with zero attached hydrogens (tertiary/aromatic N) is 1. The van der Waals surface area contributed by atoms with E-state index in [1.807, 2.05) is 32.0 Å². The number of halogens is 1. The first-order valence-corrected chi connectivity index (χ1v) is 12.1. The van der Waals surface area contributed by atoms with E-state index in [0.717, 1.165) is 16.0 Å². The number of carbonyl (C=O) groups is 4. The van der Waals surface area contributed by atoms with Crippen LogP contribution in [0.3, 0.4) is 0 Å². The molecule has 38 heavy (non-hydrogen) atoms. The summed E-state index contributed by atoms with van der Waals surface area (Å²) >= 11 is 5.84. The molecule has 1 fully saturated rings. The van der Waals surface area contributed by atoms with Gasteiger partial charge in [-0.3, -0.25) is 14.4 Å². The van der Waals surface area contributed by atoms with E-state index in [9.17, 15) is 19.2 Å². The molecule has 10 heteroatoms. The molecule has 0 aromatic heterocycles. The van der Waals surface area contributed by atoms with Crippen molar-refractivity contribution in [2.75, 3.05) is 23.8 Å². The smallest absolute Gasteiger partial charge is 0.329 e. The van der Waals surface area contributed by atoms with Gasteiger partial charge in [0.1, 0.15) is 18.0 Å². The zero-order valence-corrected chi connectivity index (χ0v) is 21.5. The molecule has 3 aromatic carbocycles. The molecule has 3 aromatic rings. The van der Waals surface area contributed by atoms with Crippen LogP contribution in [0.4, 0.5) is 16.2 Å². The summed E-state index contributed by atoms with van der Waals surface area (Å²) in [5.41, 5.74) is 3.95. The maximum absolute atomic E-state index is 12.8. The van der Waals surface area contributed by atoms with Crippen molar-refractivity contribution >= 4 is 52.8 Å². The molecule has 1 aliphatic rings. The molecule has 1 aliphatic heterocycles. The van der Waals surface area contributed by atoms with E-state index in [4.69, 9.17) is 16.3 Å². The van der Waals surface area contributed by atoms with Gasteiger partial charge in [-0.25, -0.2) is 9.69 Å². The van der Waals surface area contributed by atoms with Crippen LogP contribution < -0.4 is 20.7 Å². The second kappa shape index (κ2) is 11.6. The van der Waals surface area contributed by atoms with Crippen LogP contribution in [-0.2, 0) is 14.4 Å². The van der Waals surface area contributed by atoms with Crippen molar-refractivity contribution < 1.29 is 23.9 Å². The molecule has 0 radical (unpaired) electrons. The van der Waals surface area contributed by atoms with Gasteiger partial charge in [-0.05, 0) is 85.1 Å². The third-order valence-corrected chi connectivity index (χ3v) is 5.97. The molecule has 0 unspecified atom stereocenters. The number of ether oxygens (including phenoxy) is 1. The topological polar surface area (TPSA) is 117 Å². The monoisotopic (exact) mass is 532 g/mol. The molecule has 1 heterocycles. The normalized spacial score (nSPS) is 13.9. The molecule has 3 N–H and O–H groups in total. The van der Waals surface area contributed by atoms with Crippen molar-refractivity contribution in [3.05, 3.63) is 94.1 Å². The predicted molar refractivity (Wildman–Crippen MR) is 145 cm³/mol. The van der Waals surface area contributed by atoms with E-state index in [2.05, 4.69) is 16.0 Å². The molecule has 1 saturated heterocycles. The third kappa shape index (κ3) is 6.77. The fourth-order valence-electron chi connectivity index (χ4n) is 3.62. The fraction of sp³-hybridized carbons (Fsp3) is 0.143. The lowest BCUT2D eigenvalue weighted by Crippen LogP contribution is -2.38. The first-order valence-electron chi connectivity index (χ1n) is 11.7. The highest BCUT2D eigenvalue weighted by Crippen LogP contribution is 2.20. The number of aryl methyl sites for hydroxylation is 2. The van der Waals surface area contributed by atoms with Crippen molar-refractivity contribution in [2.24, 2.45) is 0 Å². The van der Waals surface area contributed by atoms with Gasteiger partial charge in [0.05, 0.1) is 0 Å². The minimum absolute atomic E-state index is 0.0129. The number of anilines is 2. The van der Waals surface area contributed by atoms with E-state index in [1.54, 1.807) is 48.5 Å². The highest BCUT2D eigenvalue weighted by Gasteiger charge is 2.34. The van der Waals surface area contributed by atoms with Crippen LogP contribution in [0, 0.1) is 13.8 Å². The lowest BCUT2D eigenvalue weighted by atomic mass is 10.1. The summed E-state index contributed by atoms with van der Waals surface area (Å²) in [5.74, 6) is -1.08. The first kappa shape index (κ1) is 26.4. The van der Waals surface area contributed by atoms with Crippen LogP contribution in [0.25, 0.3) is 6.08 Å². The molecule has 194 valence electrons. The average molecular weight is 533 g/mol. The number of rotatable bonds is 8. The summed E-state index contributed by atoms with van der Waals surface area (Å²) in [7, 11) is 0. The van der Waals surface area contributed by atoms with Crippen LogP contribution in [0.1, 0.15) is 16.7 Å². The maximum Gasteiger partial charge on any atom is 0.329 e. The molecule has 0 saturated carbocycles. The Bertz CT molecular complexity index is 1440. The second-order valence-electron chi connectivity index (χ2n) is 8.64. The average Bonchev–Trinajstić information content (AvgIpc) is 3.14. The van der Waals surface area contributed by atoms with Gasteiger partial charge < -0.3 is 20.7 Å². The number of nitrogens with one attached hydrogen (secondary N) is 3. The summed E-state index contributed by atoms with van der Waals surface area (Å²) in [6.45, 7) is 3.30. The van der Waals surface area contributed by atoms with Crippen molar-refractivity contribution in [2.45, 2.75) is 13.8 Å². The maximum atomic E-state index is 12.8. The molecule has 0 bridgehead atoms. The van der Waals surface area contributed by atoms with Crippen LogP contribution in [0.15, 0.2) is 72.4 Å². The SMILES string of the molecule is Cc1ccc(NC(=O)COc2cccc(/C=C3\NC(=O)N(CC(=O)Nc4ccc(Cl)cc4)C3=O)c2)cc1C. The fourth-order valence-corrected chi connectivity index (χ4v) is 3.74. The highest BCUT2D eigenvalue weighted by atomic mass is 35.5. The quantitative estimate of drug-likeness (QED) is 0.291. The summed E-state index contributed by atoms with van der Waals surface area (Å²) < 4.78 is 5.60. The number of carbonyl (C=O) groups excluding carboxylic acids is 4. The Morgan fingerprint density at radius 3 is 2.37 bits per heavy atom. The van der Waals surface area contributed by atoms with E-state index < -0.39 is 24.4 Å². The zero-order chi connectivity index (χ0) is 27.2. The summed E-state index contributed by atoms with van der Waals surface area (Å²) in [6, 6.07) is 18.1. The van der Waals surface area contributed by atoms with Crippen molar-refractivity contribution in [3.8, 4) is 5.75 Å². The lowest BCUT2D eigenvalue weighted by Gasteiger charge is -2.12. The van der Waals surface area contributed by atoms with Gasteiger partial charge in [-0.15, -0.1) is 0 Å². The van der Waals surface area contributed by atoms with E-state index in [0.29, 0.717) is 27.7 Å². The van der Waals surface area contributed by atoms with Gasteiger partial charge in [-0.2, -0.15) is 0 Å². The Hall–Kier alpha value is -4.63. The number of urea groups is 1. The molecule has 4 rings (SSSR count). The van der Waals surface area contributed by atoms with Crippen molar-refractivity contribution in [1.29, 1.82) is 0 Å². The van der Waals surface area contributed by atoms with Crippen LogP contribution in [-0.4, -0.2) is 41.8 Å². The minimum atomic E-state index is -0.706. The standard InChI is InChI=1S/C28H25ClN4O5/c1-17-6-9-22(12-18(17)2)31-26(35)16-38-23-5-3-4-19(13-23)14-24-27(36)33(28(37)32-24)15-25(34)30-21-10-7-20(29)8-11-21/h3-14H,15-16H2,1-2H3,(H,30,34)(H,31,35)(H,32,37)/b24-14-. The van der Waals surface area contributed by atoms with Gasteiger partial charge in [0.15, 0.2) is 6.61 Å². The molecule has 0 atom stereocenters. The number of benzene rings is 3. The van der Waals surface area contributed by atoms with Gasteiger partial charge in [0.25, 0.3) is 11.8 Å². The van der Waals surface area contributed by atoms with Gasteiger partial charge in [0.2, 0.25) is 5.91 Å². The zero-order valence-electron chi connectivity index (χ0n) is 20.7. The highest BCUT2D eigenvalue weighted by molar-refractivity contribution is 6.30. The Labute approximate surface area is 224 Å². The van der Waals surface area contributed by atoms with Gasteiger partial charge >= 0.3 is 6.03 Å². The van der Waals surface area contributed by atoms with E-state index in [1.165, 1.54) is 6.08 Å². The molecule has 0 spiro atoms. The van der Waals surface area contributed by atoms with Crippen molar-refractivity contribution in [1.82, 2.24) is 10.2 Å². The van der Waals surface area contributed by atoms with Crippen LogP contribution in [0.5, 0.6) is 5.75 Å². The Kier molecular flexibility index (Phi) is 8.08. The summed E-state index contributed by atoms with van der Waals surface area (Å²) in [5, 5.41) is 8.40. The number of hydrogen-bond donors (Lipinski definition) is 3. The van der Waals surface area contributed by atoms with E-state index in [-0.39, 0.29) is 18.2 Å². The molecular weight excluding hydrogens is 508 g/mol. The van der Waals surface area contributed by atoms with Crippen LogP contribution in [0.2, 0.25) is 5.02 Å². The molecule has 5 amide bonds. The molecular formula is C28H25ClN4O5. The van der Waals surface area contributed by atoms with Crippen LogP contribution >= 0.6 is 11.6 Å². The number of hydrogen-bond acceptors (Lipinski definition) is 5. The van der Waals surface area contributed by atoms with Crippen molar-refractivity contribution in [3.63, 3.8) is 0 Å². The summed E-state index contributed by atoms with van der Waals surface area (Å²) in [4.78, 5) is 50.6. The summed E-state index contributed by atoms with van der Waals surface area (Å²) in [6.07, 6.45) is 1.47. The molecule has 9 nitrogen and oxygen atoms in total. The van der Waals surface area contributed by atoms with Gasteiger partial charge in [-0.1, -0.05) is 29.8 Å². The Morgan fingerprint density at radius 1 is 0.921 bits per heavy atom. The lowest BCUT2D eigenvalue weighted by molar-refractivity contribution is -0.127. The second-order valence-corrected chi connectivity index (χ2v) is 9.08. The first-order chi connectivity index (χ1) is 18.2. The molecule has 0 aliphatic carbocycles. The minimum Gasteiger partial charge on any atom is -0.484 e. The number of imide groups is 1. The van der Waals surface area contributed by atoms with Gasteiger partial charge in [0, 0.05) is 16.4 Å². The third-order valence-electron chi connectivity index (χ3n) is 5.72.